The molecule has 1 aliphatic rings. The van der Waals surface area contributed by atoms with Gasteiger partial charge in [0.05, 0.1) is 12.5 Å². The van der Waals surface area contributed by atoms with Gasteiger partial charge < -0.3 is 9.73 Å². The van der Waals surface area contributed by atoms with E-state index in [0.29, 0.717) is 12.0 Å². The molecule has 0 saturated carbocycles. The molecule has 2 rings (SSSR count). The van der Waals surface area contributed by atoms with Crippen LogP contribution in [0.4, 0.5) is 0 Å². The van der Waals surface area contributed by atoms with Gasteiger partial charge in [-0.2, -0.15) is 0 Å². The SMILES string of the molecule is CC(C)C1CNCCN1Cc1ccoc1. The molecular weight excluding hydrogens is 188 g/mol. The lowest BCUT2D eigenvalue weighted by Crippen LogP contribution is -2.52. The summed E-state index contributed by atoms with van der Waals surface area (Å²) in [5.74, 6) is 0.699. The van der Waals surface area contributed by atoms with Crippen LogP contribution in [0.5, 0.6) is 0 Å². The third-order valence-electron chi connectivity index (χ3n) is 3.13. The van der Waals surface area contributed by atoms with Crippen molar-refractivity contribution in [2.24, 2.45) is 5.92 Å². The van der Waals surface area contributed by atoms with E-state index in [2.05, 4.69) is 30.1 Å². The van der Waals surface area contributed by atoms with Gasteiger partial charge in [0.15, 0.2) is 0 Å². The smallest absolute Gasteiger partial charge is 0.0947 e. The van der Waals surface area contributed by atoms with E-state index in [1.54, 1.807) is 6.26 Å². The third-order valence-corrected chi connectivity index (χ3v) is 3.13. The first-order chi connectivity index (χ1) is 7.27. The van der Waals surface area contributed by atoms with Crippen LogP contribution in [0.25, 0.3) is 0 Å². The summed E-state index contributed by atoms with van der Waals surface area (Å²) in [7, 11) is 0. The van der Waals surface area contributed by atoms with E-state index in [0.717, 1.165) is 26.2 Å². The average Bonchev–Trinajstić information content (AvgIpc) is 2.71. The normalized spacial score (nSPS) is 23.5. The molecule has 15 heavy (non-hydrogen) atoms. The fourth-order valence-corrected chi connectivity index (χ4v) is 2.24. The maximum atomic E-state index is 5.11. The Kier molecular flexibility index (Phi) is 3.44. The number of furan rings is 1. The molecule has 1 aliphatic heterocycles. The Morgan fingerprint density at radius 3 is 3.13 bits per heavy atom. The lowest BCUT2D eigenvalue weighted by molar-refractivity contribution is 0.117. The quantitative estimate of drug-likeness (QED) is 0.819. The van der Waals surface area contributed by atoms with Crippen molar-refractivity contribution >= 4 is 0 Å². The topological polar surface area (TPSA) is 28.4 Å². The maximum Gasteiger partial charge on any atom is 0.0947 e. The highest BCUT2D eigenvalue weighted by Gasteiger charge is 2.24. The van der Waals surface area contributed by atoms with Crippen LogP contribution in [0.15, 0.2) is 23.0 Å². The average molecular weight is 208 g/mol. The van der Waals surface area contributed by atoms with Crippen molar-refractivity contribution in [1.29, 1.82) is 0 Å². The molecular formula is C12H20N2O. The summed E-state index contributed by atoms with van der Waals surface area (Å²) in [5, 5.41) is 3.46. The number of nitrogens with one attached hydrogen (secondary N) is 1. The molecule has 0 spiro atoms. The van der Waals surface area contributed by atoms with E-state index in [4.69, 9.17) is 4.42 Å². The number of nitrogens with zero attached hydrogens (tertiary/aromatic N) is 1. The van der Waals surface area contributed by atoms with Gasteiger partial charge in [-0.25, -0.2) is 0 Å². The zero-order chi connectivity index (χ0) is 10.7. The van der Waals surface area contributed by atoms with Crippen LogP contribution >= 0.6 is 0 Å². The van der Waals surface area contributed by atoms with Crippen LogP contribution in [0.3, 0.4) is 0 Å². The second-order valence-electron chi connectivity index (χ2n) is 4.62. The van der Waals surface area contributed by atoms with Gasteiger partial charge in [-0.15, -0.1) is 0 Å². The predicted molar refractivity (Wildman–Crippen MR) is 60.6 cm³/mol. The minimum Gasteiger partial charge on any atom is -0.472 e. The molecule has 3 heteroatoms. The van der Waals surface area contributed by atoms with Crippen LogP contribution < -0.4 is 5.32 Å². The van der Waals surface area contributed by atoms with Gasteiger partial charge in [0.2, 0.25) is 0 Å². The molecule has 1 unspecified atom stereocenters. The van der Waals surface area contributed by atoms with Crippen LogP contribution in [-0.4, -0.2) is 30.6 Å². The first kappa shape index (κ1) is 10.7. The Balaban J connectivity index is 1.99. The molecule has 1 N–H and O–H groups in total. The van der Waals surface area contributed by atoms with E-state index in [1.807, 2.05) is 6.26 Å². The summed E-state index contributed by atoms with van der Waals surface area (Å²) in [6.07, 6.45) is 3.60. The Morgan fingerprint density at radius 2 is 2.47 bits per heavy atom. The van der Waals surface area contributed by atoms with Crippen LogP contribution in [0.2, 0.25) is 0 Å². The zero-order valence-corrected chi connectivity index (χ0v) is 9.57. The van der Waals surface area contributed by atoms with Crippen molar-refractivity contribution in [2.75, 3.05) is 19.6 Å². The Hall–Kier alpha value is -0.800. The van der Waals surface area contributed by atoms with Crippen molar-refractivity contribution in [2.45, 2.75) is 26.4 Å². The molecule has 0 aromatic carbocycles. The second-order valence-corrected chi connectivity index (χ2v) is 4.62. The van der Waals surface area contributed by atoms with Gasteiger partial charge in [0, 0.05) is 37.8 Å². The third kappa shape index (κ3) is 2.61. The number of piperazine rings is 1. The van der Waals surface area contributed by atoms with Crippen molar-refractivity contribution in [3.8, 4) is 0 Å². The monoisotopic (exact) mass is 208 g/mol. The summed E-state index contributed by atoms with van der Waals surface area (Å²) in [5.41, 5.74) is 1.28. The predicted octanol–water partition coefficient (Wildman–Crippen LogP) is 1.71. The number of rotatable bonds is 3. The van der Waals surface area contributed by atoms with Gasteiger partial charge in [0.25, 0.3) is 0 Å². The van der Waals surface area contributed by atoms with Gasteiger partial charge in [0.1, 0.15) is 0 Å². The molecule has 0 amide bonds. The van der Waals surface area contributed by atoms with E-state index in [1.165, 1.54) is 5.56 Å². The van der Waals surface area contributed by atoms with Crippen molar-refractivity contribution in [1.82, 2.24) is 10.2 Å². The molecule has 0 aliphatic carbocycles. The molecule has 1 fully saturated rings. The minimum absolute atomic E-state index is 0.647. The second kappa shape index (κ2) is 4.81. The highest BCUT2D eigenvalue weighted by Crippen LogP contribution is 2.16. The van der Waals surface area contributed by atoms with Gasteiger partial charge in [-0.1, -0.05) is 13.8 Å². The highest BCUT2D eigenvalue weighted by atomic mass is 16.3. The molecule has 2 heterocycles. The summed E-state index contributed by atoms with van der Waals surface area (Å²) in [4.78, 5) is 2.55. The largest absolute Gasteiger partial charge is 0.472 e. The van der Waals surface area contributed by atoms with Crippen molar-refractivity contribution in [3.05, 3.63) is 24.2 Å². The Morgan fingerprint density at radius 1 is 1.60 bits per heavy atom. The number of hydrogen-bond acceptors (Lipinski definition) is 3. The van der Waals surface area contributed by atoms with Crippen LogP contribution in [-0.2, 0) is 6.54 Å². The highest BCUT2D eigenvalue weighted by molar-refractivity contribution is 5.05. The van der Waals surface area contributed by atoms with E-state index in [9.17, 15) is 0 Å². The minimum atomic E-state index is 0.647. The van der Waals surface area contributed by atoms with E-state index >= 15 is 0 Å². The molecule has 1 aromatic heterocycles. The van der Waals surface area contributed by atoms with Gasteiger partial charge >= 0.3 is 0 Å². The Labute approximate surface area is 91.4 Å². The lowest BCUT2D eigenvalue weighted by Gasteiger charge is -2.38. The van der Waals surface area contributed by atoms with Crippen molar-refractivity contribution < 1.29 is 4.42 Å². The fourth-order valence-electron chi connectivity index (χ4n) is 2.24. The summed E-state index contributed by atoms with van der Waals surface area (Å²) < 4.78 is 5.11. The molecule has 0 bridgehead atoms. The van der Waals surface area contributed by atoms with E-state index < -0.39 is 0 Å². The first-order valence-electron chi connectivity index (χ1n) is 5.73. The molecule has 0 radical (unpaired) electrons. The molecule has 1 aromatic rings. The fraction of sp³-hybridized carbons (Fsp3) is 0.667. The summed E-state index contributed by atoms with van der Waals surface area (Å²) in [6, 6.07) is 2.70. The Bertz CT molecular complexity index is 282. The van der Waals surface area contributed by atoms with Gasteiger partial charge in [-0.3, -0.25) is 4.90 Å². The van der Waals surface area contributed by atoms with E-state index in [-0.39, 0.29) is 0 Å². The standard InChI is InChI=1S/C12H20N2O/c1-10(2)12-7-13-4-5-14(12)8-11-3-6-15-9-11/h3,6,9-10,12-13H,4-5,7-8H2,1-2H3. The maximum absolute atomic E-state index is 5.11. The van der Waals surface area contributed by atoms with Crippen LogP contribution in [0, 0.1) is 5.92 Å². The van der Waals surface area contributed by atoms with Crippen molar-refractivity contribution in [3.63, 3.8) is 0 Å². The summed E-state index contributed by atoms with van der Waals surface area (Å²) >= 11 is 0. The van der Waals surface area contributed by atoms with Gasteiger partial charge in [-0.05, 0) is 12.0 Å². The summed E-state index contributed by atoms with van der Waals surface area (Å²) in [6.45, 7) is 8.94. The van der Waals surface area contributed by atoms with Crippen LogP contribution in [0.1, 0.15) is 19.4 Å². The molecule has 1 atom stereocenters. The zero-order valence-electron chi connectivity index (χ0n) is 9.57. The first-order valence-corrected chi connectivity index (χ1v) is 5.73. The molecule has 3 nitrogen and oxygen atoms in total. The molecule has 1 saturated heterocycles. The lowest BCUT2D eigenvalue weighted by atomic mass is 10.00. The number of hydrogen-bond donors (Lipinski definition) is 1. The molecule has 84 valence electrons.